The molecule has 1 amide bonds. The van der Waals surface area contributed by atoms with E-state index in [0.29, 0.717) is 25.8 Å². The van der Waals surface area contributed by atoms with Gasteiger partial charge in [0.2, 0.25) is 5.91 Å². The van der Waals surface area contributed by atoms with Crippen molar-refractivity contribution in [3.8, 4) is 0 Å². The molecule has 1 saturated carbocycles. The molecule has 0 heterocycles. The topological polar surface area (TPSA) is 92.7 Å². The summed E-state index contributed by atoms with van der Waals surface area (Å²) in [5.41, 5.74) is 0. The second-order valence-electron chi connectivity index (χ2n) is 5.96. The Labute approximate surface area is 131 Å². The van der Waals surface area contributed by atoms with Gasteiger partial charge in [-0.05, 0) is 25.7 Å². The molecule has 1 rings (SSSR count). The van der Waals surface area contributed by atoms with Gasteiger partial charge in [0.1, 0.15) is 0 Å². The summed E-state index contributed by atoms with van der Waals surface area (Å²) in [5.74, 6) is -2.41. The van der Waals surface area contributed by atoms with Crippen molar-refractivity contribution in [2.75, 3.05) is 13.2 Å². The molecule has 0 aliphatic heterocycles. The van der Waals surface area contributed by atoms with Crippen LogP contribution in [0.2, 0.25) is 0 Å². The Morgan fingerprint density at radius 1 is 1.23 bits per heavy atom. The smallest absolute Gasteiger partial charge is 0.308 e. The molecule has 6 nitrogen and oxygen atoms in total. The number of nitrogens with one attached hydrogen (secondary N) is 1. The predicted octanol–water partition coefficient (Wildman–Crippen LogP) is 1.97. The first-order valence-electron chi connectivity index (χ1n) is 8.14. The van der Waals surface area contributed by atoms with Crippen LogP contribution in [0.3, 0.4) is 0 Å². The van der Waals surface area contributed by atoms with Crippen LogP contribution in [0, 0.1) is 17.8 Å². The van der Waals surface area contributed by atoms with Crippen molar-refractivity contribution in [1.29, 1.82) is 0 Å². The number of carboxylic acids is 1. The van der Waals surface area contributed by atoms with E-state index in [9.17, 15) is 14.4 Å². The minimum Gasteiger partial charge on any atom is -0.481 e. The van der Waals surface area contributed by atoms with Gasteiger partial charge in [0.25, 0.3) is 0 Å². The molecule has 0 saturated heterocycles. The number of carbonyl (C=O) groups excluding carboxylic acids is 2. The van der Waals surface area contributed by atoms with Crippen LogP contribution in [-0.4, -0.2) is 36.1 Å². The van der Waals surface area contributed by atoms with Crippen LogP contribution in [0.25, 0.3) is 0 Å². The van der Waals surface area contributed by atoms with Gasteiger partial charge in [0, 0.05) is 6.54 Å². The van der Waals surface area contributed by atoms with E-state index < -0.39 is 17.8 Å². The van der Waals surface area contributed by atoms with E-state index in [-0.39, 0.29) is 24.4 Å². The second-order valence-corrected chi connectivity index (χ2v) is 5.96. The molecule has 3 atom stereocenters. The number of ether oxygens (including phenoxy) is 1. The van der Waals surface area contributed by atoms with Crippen molar-refractivity contribution < 1.29 is 24.2 Å². The van der Waals surface area contributed by atoms with Crippen LogP contribution >= 0.6 is 0 Å². The largest absolute Gasteiger partial charge is 0.481 e. The number of hydrogen-bond donors (Lipinski definition) is 2. The number of carbonyl (C=O) groups is 3. The molecule has 1 aliphatic carbocycles. The summed E-state index contributed by atoms with van der Waals surface area (Å²) >= 11 is 0. The molecule has 126 valence electrons. The van der Waals surface area contributed by atoms with Crippen LogP contribution in [-0.2, 0) is 19.1 Å². The molecule has 2 N–H and O–H groups in total. The van der Waals surface area contributed by atoms with Gasteiger partial charge < -0.3 is 15.2 Å². The van der Waals surface area contributed by atoms with E-state index in [4.69, 9.17) is 9.84 Å². The number of hydrogen-bond acceptors (Lipinski definition) is 4. The summed E-state index contributed by atoms with van der Waals surface area (Å²) in [7, 11) is 0. The lowest BCUT2D eigenvalue weighted by Crippen LogP contribution is -2.40. The highest BCUT2D eigenvalue weighted by Gasteiger charge is 2.35. The van der Waals surface area contributed by atoms with Gasteiger partial charge in [-0.15, -0.1) is 0 Å². The predicted molar refractivity (Wildman–Crippen MR) is 81.1 cm³/mol. The first-order chi connectivity index (χ1) is 10.5. The zero-order chi connectivity index (χ0) is 16.5. The standard InChI is InChI=1S/C16H27NO5/c1-3-11(2)16(21)22-10-6-9-17-14(18)12-7-4-5-8-13(12)15(19)20/h11-13H,3-10H2,1-2H3,(H,17,18)(H,19,20). The number of carboxylic acid groups (broad SMARTS) is 1. The lowest BCUT2D eigenvalue weighted by atomic mass is 9.79. The minimum atomic E-state index is -0.887. The van der Waals surface area contributed by atoms with Gasteiger partial charge in [0.15, 0.2) is 0 Å². The Kier molecular flexibility index (Phi) is 7.91. The highest BCUT2D eigenvalue weighted by Crippen LogP contribution is 2.30. The van der Waals surface area contributed by atoms with E-state index >= 15 is 0 Å². The van der Waals surface area contributed by atoms with Gasteiger partial charge in [-0.2, -0.15) is 0 Å². The van der Waals surface area contributed by atoms with E-state index in [1.807, 2.05) is 13.8 Å². The van der Waals surface area contributed by atoms with Crippen LogP contribution < -0.4 is 5.32 Å². The maximum Gasteiger partial charge on any atom is 0.308 e. The Morgan fingerprint density at radius 3 is 2.45 bits per heavy atom. The lowest BCUT2D eigenvalue weighted by molar-refractivity contribution is -0.149. The molecule has 0 aromatic heterocycles. The zero-order valence-corrected chi connectivity index (χ0v) is 13.5. The molecular formula is C16H27NO5. The molecule has 0 aromatic carbocycles. The highest BCUT2D eigenvalue weighted by molar-refractivity contribution is 5.84. The third-order valence-corrected chi connectivity index (χ3v) is 4.30. The monoisotopic (exact) mass is 313 g/mol. The molecule has 1 aliphatic rings. The first-order valence-corrected chi connectivity index (χ1v) is 8.14. The van der Waals surface area contributed by atoms with Crippen molar-refractivity contribution in [2.24, 2.45) is 17.8 Å². The third-order valence-electron chi connectivity index (χ3n) is 4.30. The summed E-state index contributed by atoms with van der Waals surface area (Å²) in [6.45, 7) is 4.42. The van der Waals surface area contributed by atoms with E-state index in [0.717, 1.165) is 19.3 Å². The molecule has 3 unspecified atom stereocenters. The zero-order valence-electron chi connectivity index (χ0n) is 13.5. The van der Waals surface area contributed by atoms with Crippen molar-refractivity contribution >= 4 is 17.8 Å². The lowest BCUT2D eigenvalue weighted by Gasteiger charge is -2.27. The fourth-order valence-corrected chi connectivity index (χ4v) is 2.64. The summed E-state index contributed by atoms with van der Waals surface area (Å²) < 4.78 is 5.10. The SMILES string of the molecule is CCC(C)C(=O)OCCCNC(=O)C1CCCCC1C(=O)O. The Bertz CT molecular complexity index is 396. The van der Waals surface area contributed by atoms with Gasteiger partial charge in [-0.3, -0.25) is 14.4 Å². The molecular weight excluding hydrogens is 286 g/mol. The average Bonchev–Trinajstić information content (AvgIpc) is 2.53. The normalized spacial score (nSPS) is 22.6. The summed E-state index contributed by atoms with van der Waals surface area (Å²) in [6, 6.07) is 0. The molecule has 6 heteroatoms. The quantitative estimate of drug-likeness (QED) is 0.528. The molecule has 1 fully saturated rings. The Balaban J connectivity index is 2.25. The van der Waals surface area contributed by atoms with Gasteiger partial charge in [0.05, 0.1) is 24.4 Å². The summed E-state index contributed by atoms with van der Waals surface area (Å²) in [5, 5.41) is 11.9. The molecule has 0 radical (unpaired) electrons. The van der Waals surface area contributed by atoms with Crippen molar-refractivity contribution in [3.05, 3.63) is 0 Å². The Hall–Kier alpha value is -1.59. The Morgan fingerprint density at radius 2 is 1.86 bits per heavy atom. The highest BCUT2D eigenvalue weighted by atomic mass is 16.5. The summed E-state index contributed by atoms with van der Waals surface area (Å²) in [4.78, 5) is 34.7. The number of aliphatic carboxylic acids is 1. The fourth-order valence-electron chi connectivity index (χ4n) is 2.64. The van der Waals surface area contributed by atoms with Crippen LogP contribution in [0.15, 0.2) is 0 Å². The number of rotatable bonds is 8. The fraction of sp³-hybridized carbons (Fsp3) is 0.812. The molecule has 0 bridgehead atoms. The van der Waals surface area contributed by atoms with Gasteiger partial charge >= 0.3 is 11.9 Å². The van der Waals surface area contributed by atoms with Crippen LogP contribution in [0.4, 0.5) is 0 Å². The van der Waals surface area contributed by atoms with Crippen LogP contribution in [0.1, 0.15) is 52.4 Å². The van der Waals surface area contributed by atoms with E-state index in [2.05, 4.69) is 5.32 Å². The maximum atomic E-state index is 12.1. The third kappa shape index (κ3) is 5.66. The molecule has 0 spiro atoms. The number of amides is 1. The average molecular weight is 313 g/mol. The van der Waals surface area contributed by atoms with E-state index in [1.165, 1.54) is 0 Å². The van der Waals surface area contributed by atoms with E-state index in [1.54, 1.807) is 0 Å². The van der Waals surface area contributed by atoms with Crippen LogP contribution in [0.5, 0.6) is 0 Å². The molecule has 22 heavy (non-hydrogen) atoms. The second kappa shape index (κ2) is 9.43. The van der Waals surface area contributed by atoms with Crippen molar-refractivity contribution in [1.82, 2.24) is 5.32 Å². The summed E-state index contributed by atoms with van der Waals surface area (Å²) in [6.07, 6.45) is 4.25. The maximum absolute atomic E-state index is 12.1. The van der Waals surface area contributed by atoms with Crippen molar-refractivity contribution in [2.45, 2.75) is 52.4 Å². The van der Waals surface area contributed by atoms with Gasteiger partial charge in [-0.25, -0.2) is 0 Å². The number of esters is 1. The van der Waals surface area contributed by atoms with Gasteiger partial charge in [-0.1, -0.05) is 26.7 Å². The van der Waals surface area contributed by atoms with Crippen molar-refractivity contribution in [3.63, 3.8) is 0 Å². The first kappa shape index (κ1) is 18.5. The molecule has 0 aromatic rings. The minimum absolute atomic E-state index is 0.104.